The molecule has 0 heterocycles. The summed E-state index contributed by atoms with van der Waals surface area (Å²) in [7, 11) is 0. The number of alkyl halides is 1. The molecule has 0 aromatic rings. The van der Waals surface area contributed by atoms with E-state index >= 15 is 0 Å². The minimum atomic E-state index is 0.219. The molecule has 13 heavy (non-hydrogen) atoms. The van der Waals surface area contributed by atoms with Gasteiger partial charge in [0.1, 0.15) is 0 Å². The highest BCUT2D eigenvalue weighted by molar-refractivity contribution is 9.09. The van der Waals surface area contributed by atoms with Crippen molar-refractivity contribution in [3.8, 4) is 0 Å². The summed E-state index contributed by atoms with van der Waals surface area (Å²) in [6, 6.07) is 0. The van der Waals surface area contributed by atoms with Crippen molar-refractivity contribution in [2.45, 2.75) is 37.9 Å². The molecule has 0 spiro atoms. The molecule has 0 aromatic heterocycles. The van der Waals surface area contributed by atoms with Gasteiger partial charge in [-0.1, -0.05) is 29.8 Å². The first-order valence-electron chi connectivity index (χ1n) is 5.07. The van der Waals surface area contributed by atoms with E-state index in [4.69, 9.17) is 0 Å². The van der Waals surface area contributed by atoms with Crippen molar-refractivity contribution in [3.05, 3.63) is 0 Å². The second-order valence-electron chi connectivity index (χ2n) is 3.88. The lowest BCUT2D eigenvalue weighted by molar-refractivity contribution is -0.125. The van der Waals surface area contributed by atoms with Gasteiger partial charge in [-0.05, 0) is 25.2 Å². The van der Waals surface area contributed by atoms with Crippen LogP contribution in [-0.4, -0.2) is 17.3 Å². The van der Waals surface area contributed by atoms with Gasteiger partial charge in [-0.25, -0.2) is 0 Å². The lowest BCUT2D eigenvalue weighted by Gasteiger charge is -2.13. The van der Waals surface area contributed by atoms with Crippen LogP contribution < -0.4 is 5.32 Å². The van der Waals surface area contributed by atoms with Gasteiger partial charge in [0.15, 0.2) is 0 Å². The van der Waals surface area contributed by atoms with Crippen LogP contribution in [0.3, 0.4) is 0 Å². The van der Waals surface area contributed by atoms with Gasteiger partial charge in [-0.15, -0.1) is 0 Å². The maximum absolute atomic E-state index is 11.5. The Bertz CT molecular complexity index is 180. The molecule has 1 saturated carbocycles. The molecule has 0 aromatic carbocycles. The number of nitrogens with one attached hydrogen (secondary N) is 1. The summed E-state index contributed by atoms with van der Waals surface area (Å²) in [6.07, 6.45) is 3.53. The molecule has 2 nitrogen and oxygen atoms in total. The number of rotatable bonds is 5. The Morgan fingerprint density at radius 3 is 2.69 bits per heavy atom. The van der Waals surface area contributed by atoms with Crippen molar-refractivity contribution in [3.63, 3.8) is 0 Å². The molecule has 1 N–H and O–H groups in total. The number of carbonyl (C=O) groups excluding carboxylic acids is 1. The minimum Gasteiger partial charge on any atom is -0.355 e. The van der Waals surface area contributed by atoms with Crippen LogP contribution in [0.5, 0.6) is 0 Å². The van der Waals surface area contributed by atoms with Crippen molar-refractivity contribution >= 4 is 21.8 Å². The van der Waals surface area contributed by atoms with Crippen molar-refractivity contribution in [1.29, 1.82) is 0 Å². The van der Waals surface area contributed by atoms with Crippen LogP contribution >= 0.6 is 15.9 Å². The average molecular weight is 248 g/mol. The topological polar surface area (TPSA) is 29.1 Å². The van der Waals surface area contributed by atoms with Gasteiger partial charge >= 0.3 is 0 Å². The molecule has 0 bridgehead atoms. The van der Waals surface area contributed by atoms with Crippen molar-refractivity contribution in [2.75, 3.05) is 6.54 Å². The SMILES string of the molecule is CCC(Br)CNC(=O)C(C)C1CC1. The van der Waals surface area contributed by atoms with Crippen LogP contribution in [0, 0.1) is 11.8 Å². The second kappa shape index (κ2) is 4.99. The van der Waals surface area contributed by atoms with Crippen molar-refractivity contribution < 1.29 is 4.79 Å². The van der Waals surface area contributed by atoms with Gasteiger partial charge < -0.3 is 5.32 Å². The summed E-state index contributed by atoms with van der Waals surface area (Å²) >= 11 is 3.49. The van der Waals surface area contributed by atoms with E-state index in [1.807, 2.05) is 6.92 Å². The summed E-state index contributed by atoms with van der Waals surface area (Å²) in [4.78, 5) is 11.9. The Morgan fingerprint density at radius 2 is 2.23 bits per heavy atom. The predicted molar refractivity (Wildman–Crippen MR) is 57.9 cm³/mol. The van der Waals surface area contributed by atoms with Gasteiger partial charge in [0, 0.05) is 17.3 Å². The number of amides is 1. The first kappa shape index (κ1) is 11.0. The monoisotopic (exact) mass is 247 g/mol. The molecule has 2 atom stereocenters. The van der Waals surface area contributed by atoms with Crippen LogP contribution in [-0.2, 0) is 4.79 Å². The van der Waals surface area contributed by atoms with E-state index in [-0.39, 0.29) is 11.8 Å². The van der Waals surface area contributed by atoms with E-state index in [1.54, 1.807) is 0 Å². The first-order chi connectivity index (χ1) is 6.15. The fourth-order valence-corrected chi connectivity index (χ4v) is 1.49. The molecule has 1 fully saturated rings. The molecule has 0 saturated heterocycles. The largest absolute Gasteiger partial charge is 0.355 e. The summed E-state index contributed by atoms with van der Waals surface area (Å²) in [5.41, 5.74) is 0. The molecular formula is C10H18BrNO. The third-order valence-electron chi connectivity index (χ3n) is 2.68. The van der Waals surface area contributed by atoms with Crippen LogP contribution in [0.2, 0.25) is 0 Å². The maximum atomic E-state index is 11.5. The average Bonchev–Trinajstić information content (AvgIpc) is 2.95. The zero-order chi connectivity index (χ0) is 9.84. The normalized spacial score (nSPS) is 20.8. The van der Waals surface area contributed by atoms with Crippen molar-refractivity contribution in [2.24, 2.45) is 11.8 Å². The van der Waals surface area contributed by atoms with Crippen LogP contribution in [0.4, 0.5) is 0 Å². The molecule has 1 amide bonds. The smallest absolute Gasteiger partial charge is 0.223 e. The summed E-state index contributed by atoms with van der Waals surface area (Å²) in [6.45, 7) is 4.89. The molecule has 2 unspecified atom stereocenters. The van der Waals surface area contributed by atoms with Crippen LogP contribution in [0.15, 0.2) is 0 Å². The zero-order valence-corrected chi connectivity index (χ0v) is 9.93. The van der Waals surface area contributed by atoms with Gasteiger partial charge in [0.25, 0.3) is 0 Å². The minimum absolute atomic E-state index is 0.219. The maximum Gasteiger partial charge on any atom is 0.223 e. The van der Waals surface area contributed by atoms with E-state index in [9.17, 15) is 4.79 Å². The zero-order valence-electron chi connectivity index (χ0n) is 8.35. The number of halogens is 1. The molecule has 1 rings (SSSR count). The molecule has 1 aliphatic rings. The second-order valence-corrected chi connectivity index (χ2v) is 5.17. The Labute approximate surface area is 88.6 Å². The number of hydrogen-bond acceptors (Lipinski definition) is 1. The Balaban J connectivity index is 2.16. The molecule has 76 valence electrons. The van der Waals surface area contributed by atoms with Gasteiger partial charge in [0.05, 0.1) is 0 Å². The van der Waals surface area contributed by atoms with E-state index in [1.165, 1.54) is 12.8 Å². The van der Waals surface area contributed by atoms with Crippen LogP contribution in [0.1, 0.15) is 33.1 Å². The van der Waals surface area contributed by atoms with E-state index in [0.717, 1.165) is 13.0 Å². The molecule has 1 aliphatic carbocycles. The van der Waals surface area contributed by atoms with Crippen molar-refractivity contribution in [1.82, 2.24) is 5.32 Å². The van der Waals surface area contributed by atoms with E-state index < -0.39 is 0 Å². The lowest BCUT2D eigenvalue weighted by atomic mass is 10.1. The molecular weight excluding hydrogens is 230 g/mol. The first-order valence-corrected chi connectivity index (χ1v) is 5.98. The summed E-state index contributed by atoms with van der Waals surface area (Å²) < 4.78 is 0. The van der Waals surface area contributed by atoms with Gasteiger partial charge in [-0.2, -0.15) is 0 Å². The molecule has 0 aliphatic heterocycles. The van der Waals surface area contributed by atoms with Gasteiger partial charge in [0.2, 0.25) is 5.91 Å². The fourth-order valence-electron chi connectivity index (χ4n) is 1.33. The summed E-state index contributed by atoms with van der Waals surface area (Å²) in [5.74, 6) is 1.10. The Morgan fingerprint density at radius 1 is 1.62 bits per heavy atom. The van der Waals surface area contributed by atoms with E-state index in [2.05, 4.69) is 28.2 Å². The summed E-state index contributed by atoms with van der Waals surface area (Å²) in [5, 5.41) is 2.97. The standard InChI is InChI=1S/C10H18BrNO/c1-3-9(11)6-12-10(13)7(2)8-4-5-8/h7-9H,3-6H2,1-2H3,(H,12,13). The quantitative estimate of drug-likeness (QED) is 0.743. The Hall–Kier alpha value is -0.0500. The van der Waals surface area contributed by atoms with E-state index in [0.29, 0.717) is 10.7 Å². The number of hydrogen-bond donors (Lipinski definition) is 1. The Kier molecular flexibility index (Phi) is 4.23. The highest BCUT2D eigenvalue weighted by Crippen LogP contribution is 2.36. The third kappa shape index (κ3) is 3.67. The highest BCUT2D eigenvalue weighted by Gasteiger charge is 2.32. The highest BCUT2D eigenvalue weighted by atomic mass is 79.9. The number of carbonyl (C=O) groups is 1. The lowest BCUT2D eigenvalue weighted by Crippen LogP contribution is -2.34. The third-order valence-corrected chi connectivity index (χ3v) is 3.65. The fraction of sp³-hybridized carbons (Fsp3) is 0.900. The predicted octanol–water partition coefficient (Wildman–Crippen LogP) is 2.32. The van der Waals surface area contributed by atoms with Crippen LogP contribution in [0.25, 0.3) is 0 Å². The molecule has 3 heteroatoms. The molecule has 0 radical (unpaired) electrons. The van der Waals surface area contributed by atoms with Gasteiger partial charge in [-0.3, -0.25) is 4.79 Å².